The minimum Gasteiger partial charge on any atom is -0.357 e. The quantitative estimate of drug-likeness (QED) is 0.802. The van der Waals surface area contributed by atoms with E-state index in [1.165, 1.54) is 5.56 Å². The fourth-order valence-electron chi connectivity index (χ4n) is 1.69. The summed E-state index contributed by atoms with van der Waals surface area (Å²) in [7, 11) is 1.98. The molecule has 0 saturated heterocycles. The van der Waals surface area contributed by atoms with Crippen LogP contribution in [0.1, 0.15) is 32.4 Å². The second kappa shape index (κ2) is 5.71. The van der Waals surface area contributed by atoms with E-state index >= 15 is 0 Å². The fourth-order valence-corrected chi connectivity index (χ4v) is 1.69. The predicted molar refractivity (Wildman–Crippen MR) is 65.3 cm³/mol. The number of hydrogen-bond donors (Lipinski definition) is 1. The van der Waals surface area contributed by atoms with Gasteiger partial charge in [-0.15, -0.1) is 0 Å². The van der Waals surface area contributed by atoms with E-state index in [2.05, 4.69) is 42.0 Å². The van der Waals surface area contributed by atoms with Crippen molar-refractivity contribution in [3.8, 4) is 0 Å². The number of hydrogen-bond acceptors (Lipinski definition) is 3. The Labute approximate surface area is 92.5 Å². The number of pyridine rings is 1. The highest BCUT2D eigenvalue weighted by molar-refractivity contribution is 5.48. The third-order valence-corrected chi connectivity index (χ3v) is 2.78. The molecule has 3 nitrogen and oxygen atoms in total. The molecule has 0 fully saturated rings. The molecular formula is C12H21N3. The van der Waals surface area contributed by atoms with Crippen molar-refractivity contribution in [2.75, 3.05) is 25.0 Å². The molecule has 84 valence electrons. The predicted octanol–water partition coefficient (Wildman–Crippen LogP) is 2.21. The van der Waals surface area contributed by atoms with Gasteiger partial charge in [0.2, 0.25) is 0 Å². The van der Waals surface area contributed by atoms with Crippen LogP contribution in [0.15, 0.2) is 18.3 Å². The van der Waals surface area contributed by atoms with Crippen molar-refractivity contribution in [1.29, 1.82) is 0 Å². The highest BCUT2D eigenvalue weighted by Gasteiger charge is 2.13. The Balaban J connectivity index is 3.04. The average Bonchev–Trinajstić information content (AvgIpc) is 2.30. The van der Waals surface area contributed by atoms with E-state index in [0.717, 1.165) is 18.9 Å². The maximum Gasteiger partial charge on any atom is 0.133 e. The lowest BCUT2D eigenvalue weighted by atomic mass is 10.1. The summed E-state index contributed by atoms with van der Waals surface area (Å²) >= 11 is 0. The number of aromatic nitrogens is 1. The van der Waals surface area contributed by atoms with Crippen molar-refractivity contribution < 1.29 is 0 Å². The van der Waals surface area contributed by atoms with Gasteiger partial charge in [-0.25, -0.2) is 4.98 Å². The van der Waals surface area contributed by atoms with Crippen LogP contribution in [0.2, 0.25) is 0 Å². The molecule has 1 unspecified atom stereocenters. The molecule has 0 amide bonds. The molecule has 0 spiro atoms. The zero-order valence-electron chi connectivity index (χ0n) is 10.1. The van der Waals surface area contributed by atoms with E-state index < -0.39 is 0 Å². The molecule has 1 heterocycles. The summed E-state index contributed by atoms with van der Waals surface area (Å²) in [5.41, 5.74) is 1.27. The van der Waals surface area contributed by atoms with Crippen LogP contribution in [0.25, 0.3) is 0 Å². The van der Waals surface area contributed by atoms with E-state index in [4.69, 9.17) is 0 Å². The van der Waals surface area contributed by atoms with Crippen molar-refractivity contribution in [2.24, 2.45) is 0 Å². The second-order valence-electron chi connectivity index (χ2n) is 3.60. The van der Waals surface area contributed by atoms with Gasteiger partial charge in [-0.05, 0) is 33.9 Å². The molecule has 0 aliphatic heterocycles. The van der Waals surface area contributed by atoms with Gasteiger partial charge >= 0.3 is 0 Å². The smallest absolute Gasteiger partial charge is 0.133 e. The zero-order chi connectivity index (χ0) is 11.3. The van der Waals surface area contributed by atoms with Crippen molar-refractivity contribution in [1.82, 2.24) is 10.3 Å². The summed E-state index contributed by atoms with van der Waals surface area (Å²) in [6.45, 7) is 8.47. The van der Waals surface area contributed by atoms with Crippen LogP contribution in [0, 0.1) is 0 Å². The van der Waals surface area contributed by atoms with Gasteiger partial charge in [0.15, 0.2) is 0 Å². The molecule has 0 saturated carbocycles. The average molecular weight is 207 g/mol. The van der Waals surface area contributed by atoms with Gasteiger partial charge in [0.05, 0.1) is 0 Å². The lowest BCUT2D eigenvalue weighted by molar-refractivity contribution is 0.644. The lowest BCUT2D eigenvalue weighted by Gasteiger charge is -2.24. The fraction of sp³-hybridized carbons (Fsp3) is 0.583. The van der Waals surface area contributed by atoms with E-state index in [1.807, 2.05) is 19.3 Å². The summed E-state index contributed by atoms with van der Waals surface area (Å²) in [6.07, 6.45) is 1.86. The molecule has 1 aromatic heterocycles. The molecule has 1 atom stereocenters. The van der Waals surface area contributed by atoms with Crippen molar-refractivity contribution in [3.05, 3.63) is 23.9 Å². The van der Waals surface area contributed by atoms with Gasteiger partial charge in [-0.1, -0.05) is 6.07 Å². The first-order chi connectivity index (χ1) is 7.24. The number of anilines is 1. The Kier molecular flexibility index (Phi) is 4.56. The van der Waals surface area contributed by atoms with Gasteiger partial charge in [-0.3, -0.25) is 0 Å². The number of rotatable bonds is 5. The molecule has 0 aliphatic carbocycles. The van der Waals surface area contributed by atoms with E-state index in [0.29, 0.717) is 6.04 Å². The van der Waals surface area contributed by atoms with Gasteiger partial charge in [0, 0.05) is 30.9 Å². The first kappa shape index (κ1) is 12.0. The van der Waals surface area contributed by atoms with E-state index in [-0.39, 0.29) is 0 Å². The van der Waals surface area contributed by atoms with Crippen LogP contribution in [-0.2, 0) is 0 Å². The maximum atomic E-state index is 4.48. The molecule has 3 heteroatoms. The molecule has 1 N–H and O–H groups in total. The zero-order valence-corrected chi connectivity index (χ0v) is 10.1. The van der Waals surface area contributed by atoms with Crippen LogP contribution in [-0.4, -0.2) is 25.1 Å². The Morgan fingerprint density at radius 2 is 2.07 bits per heavy atom. The van der Waals surface area contributed by atoms with Crippen LogP contribution in [0.5, 0.6) is 0 Å². The summed E-state index contributed by atoms with van der Waals surface area (Å²) in [5, 5.41) is 3.26. The van der Waals surface area contributed by atoms with Crippen LogP contribution in [0.3, 0.4) is 0 Å². The monoisotopic (exact) mass is 207 g/mol. The molecule has 1 rings (SSSR count). The van der Waals surface area contributed by atoms with E-state index in [1.54, 1.807) is 0 Å². The Morgan fingerprint density at radius 3 is 2.60 bits per heavy atom. The third kappa shape index (κ3) is 2.69. The van der Waals surface area contributed by atoms with Crippen molar-refractivity contribution >= 4 is 5.82 Å². The summed E-state index contributed by atoms with van der Waals surface area (Å²) in [4.78, 5) is 6.76. The largest absolute Gasteiger partial charge is 0.357 e. The number of nitrogens with zero attached hydrogens (tertiary/aromatic N) is 2. The molecular weight excluding hydrogens is 186 g/mol. The highest BCUT2D eigenvalue weighted by atomic mass is 15.2. The molecule has 0 aliphatic rings. The molecule has 0 aromatic carbocycles. The molecule has 15 heavy (non-hydrogen) atoms. The first-order valence-corrected chi connectivity index (χ1v) is 5.61. The van der Waals surface area contributed by atoms with Crippen LogP contribution < -0.4 is 10.2 Å². The Hall–Kier alpha value is -1.09. The second-order valence-corrected chi connectivity index (χ2v) is 3.60. The van der Waals surface area contributed by atoms with Crippen molar-refractivity contribution in [3.63, 3.8) is 0 Å². The maximum absolute atomic E-state index is 4.48. The first-order valence-electron chi connectivity index (χ1n) is 5.61. The van der Waals surface area contributed by atoms with Gasteiger partial charge in [-0.2, -0.15) is 0 Å². The molecule has 0 radical (unpaired) electrons. The molecule has 1 aromatic rings. The van der Waals surface area contributed by atoms with Crippen molar-refractivity contribution in [2.45, 2.75) is 26.8 Å². The standard InChI is InChI=1S/C12H21N3/c1-5-15(6-2)12-11(10(3)13-4)8-7-9-14-12/h7-10,13H,5-6H2,1-4H3. The highest BCUT2D eigenvalue weighted by Crippen LogP contribution is 2.22. The summed E-state index contributed by atoms with van der Waals surface area (Å²) < 4.78 is 0. The minimum atomic E-state index is 0.342. The van der Waals surface area contributed by atoms with Gasteiger partial charge in [0.25, 0.3) is 0 Å². The minimum absolute atomic E-state index is 0.342. The lowest BCUT2D eigenvalue weighted by Crippen LogP contribution is -2.26. The Morgan fingerprint density at radius 1 is 1.40 bits per heavy atom. The summed E-state index contributed by atoms with van der Waals surface area (Å²) in [6, 6.07) is 4.48. The van der Waals surface area contributed by atoms with E-state index in [9.17, 15) is 0 Å². The summed E-state index contributed by atoms with van der Waals surface area (Å²) in [5.74, 6) is 1.10. The van der Waals surface area contributed by atoms with Gasteiger partial charge < -0.3 is 10.2 Å². The third-order valence-electron chi connectivity index (χ3n) is 2.78. The van der Waals surface area contributed by atoms with Gasteiger partial charge in [0.1, 0.15) is 5.82 Å². The Bertz CT molecular complexity index is 295. The number of nitrogens with one attached hydrogen (secondary N) is 1. The molecule has 0 bridgehead atoms. The van der Waals surface area contributed by atoms with Crippen LogP contribution >= 0.6 is 0 Å². The normalized spacial score (nSPS) is 12.5. The SMILES string of the molecule is CCN(CC)c1ncccc1C(C)NC. The topological polar surface area (TPSA) is 28.2 Å². The van der Waals surface area contributed by atoms with Crippen LogP contribution in [0.4, 0.5) is 5.82 Å².